The average Bonchev–Trinajstić information content (AvgIpc) is 2.97. The van der Waals surface area contributed by atoms with Crippen molar-refractivity contribution in [1.82, 2.24) is 0 Å². The van der Waals surface area contributed by atoms with Crippen LogP contribution < -0.4 is 0 Å². The van der Waals surface area contributed by atoms with Crippen molar-refractivity contribution < 1.29 is 0 Å². The van der Waals surface area contributed by atoms with Crippen LogP contribution in [0.1, 0.15) is 82.3 Å². The lowest BCUT2D eigenvalue weighted by Gasteiger charge is -2.12. The first-order valence-corrected chi connectivity index (χ1v) is 9.03. The van der Waals surface area contributed by atoms with Crippen LogP contribution in [0, 0.1) is 5.92 Å². The molecule has 1 aromatic rings. The van der Waals surface area contributed by atoms with E-state index in [1.165, 1.54) is 63.4 Å². The molecule has 0 heteroatoms. The Morgan fingerprint density at radius 3 is 2.62 bits per heavy atom. The minimum Gasteiger partial charge on any atom is -0.0917 e. The molecule has 1 fully saturated rings. The van der Waals surface area contributed by atoms with E-state index in [-0.39, 0.29) is 0 Å². The summed E-state index contributed by atoms with van der Waals surface area (Å²) < 4.78 is 0. The molecule has 2 rings (SSSR count). The Labute approximate surface area is 131 Å². The zero-order valence-electron chi connectivity index (χ0n) is 14.0. The molecule has 0 radical (unpaired) electrons. The molecule has 1 aromatic carbocycles. The van der Waals surface area contributed by atoms with Crippen molar-refractivity contribution >= 4 is 0 Å². The zero-order chi connectivity index (χ0) is 14.9. The molecular formula is C21H32. The molecule has 0 spiro atoms. The van der Waals surface area contributed by atoms with Crippen LogP contribution >= 0.6 is 0 Å². The molecule has 2 atom stereocenters. The first kappa shape index (κ1) is 16.3. The third-order valence-corrected chi connectivity index (χ3v) is 5.04. The number of benzene rings is 1. The summed E-state index contributed by atoms with van der Waals surface area (Å²) in [7, 11) is 0. The fraction of sp³-hybridized carbons (Fsp3) is 0.619. The Kier molecular flexibility index (Phi) is 7.06. The summed E-state index contributed by atoms with van der Waals surface area (Å²) in [6.07, 6.45) is 16.7. The average molecular weight is 284 g/mol. The van der Waals surface area contributed by atoms with Gasteiger partial charge >= 0.3 is 0 Å². The van der Waals surface area contributed by atoms with Crippen LogP contribution in [0.4, 0.5) is 0 Å². The van der Waals surface area contributed by atoms with Crippen LogP contribution in [-0.2, 0) is 6.42 Å². The number of allylic oxidation sites excluding steroid dienone is 2. The summed E-state index contributed by atoms with van der Waals surface area (Å²) in [5.74, 6) is 1.83. The molecule has 1 saturated carbocycles. The fourth-order valence-electron chi connectivity index (χ4n) is 3.70. The summed E-state index contributed by atoms with van der Waals surface area (Å²) in [5.41, 5.74) is 3.07. The quantitative estimate of drug-likeness (QED) is 0.370. The third kappa shape index (κ3) is 5.34. The van der Waals surface area contributed by atoms with Crippen molar-refractivity contribution in [2.75, 3.05) is 0 Å². The molecule has 1 aliphatic rings. The number of unbranched alkanes of at least 4 members (excludes halogenated alkanes) is 2. The first-order chi connectivity index (χ1) is 10.3. The Morgan fingerprint density at radius 1 is 1.10 bits per heavy atom. The highest BCUT2D eigenvalue weighted by Gasteiger charge is 2.25. The monoisotopic (exact) mass is 284 g/mol. The van der Waals surface area contributed by atoms with E-state index < -0.39 is 0 Å². The largest absolute Gasteiger partial charge is 0.0917 e. The summed E-state index contributed by atoms with van der Waals surface area (Å²) in [4.78, 5) is 0. The van der Waals surface area contributed by atoms with Gasteiger partial charge in [-0.1, -0.05) is 69.0 Å². The molecule has 0 aliphatic heterocycles. The Balaban J connectivity index is 1.80. The highest BCUT2D eigenvalue weighted by molar-refractivity contribution is 5.26. The normalized spacial score (nSPS) is 22.2. The predicted octanol–water partition coefficient (Wildman–Crippen LogP) is 6.66. The van der Waals surface area contributed by atoms with Crippen molar-refractivity contribution in [3.63, 3.8) is 0 Å². The van der Waals surface area contributed by atoms with Gasteiger partial charge in [0.2, 0.25) is 0 Å². The van der Waals surface area contributed by atoms with E-state index >= 15 is 0 Å². The van der Waals surface area contributed by atoms with Crippen molar-refractivity contribution in [3.05, 3.63) is 47.5 Å². The summed E-state index contributed by atoms with van der Waals surface area (Å²) in [6.45, 7) is 4.40. The number of rotatable bonds is 8. The standard InChI is InChI=1S/C21H32/c1-3-5-7-9-18-11-14-20(15-12-18)21-16-13-19(17-21)10-8-6-4-2/h3,5,11-12,14-15,19,21H,4,6-10,13,16-17H2,1-2H3/b5-3+. The van der Waals surface area contributed by atoms with Gasteiger partial charge in [0, 0.05) is 0 Å². The molecular weight excluding hydrogens is 252 g/mol. The number of hydrogen-bond donors (Lipinski definition) is 0. The molecule has 21 heavy (non-hydrogen) atoms. The number of aryl methyl sites for hydroxylation is 1. The van der Waals surface area contributed by atoms with E-state index in [2.05, 4.69) is 50.3 Å². The van der Waals surface area contributed by atoms with Gasteiger partial charge in [-0.3, -0.25) is 0 Å². The minimum absolute atomic E-state index is 0.834. The molecule has 2 unspecified atom stereocenters. The minimum atomic E-state index is 0.834. The van der Waals surface area contributed by atoms with Crippen molar-refractivity contribution in [2.45, 2.75) is 77.6 Å². The van der Waals surface area contributed by atoms with Gasteiger partial charge in [0.15, 0.2) is 0 Å². The highest BCUT2D eigenvalue weighted by atomic mass is 14.3. The maximum atomic E-state index is 2.39. The second-order valence-corrected chi connectivity index (χ2v) is 6.72. The van der Waals surface area contributed by atoms with Crippen molar-refractivity contribution in [2.24, 2.45) is 5.92 Å². The first-order valence-electron chi connectivity index (χ1n) is 9.03. The smallest absolute Gasteiger partial charge is 0.0159 e. The maximum absolute atomic E-state index is 2.39. The van der Waals surface area contributed by atoms with Gasteiger partial charge < -0.3 is 0 Å². The van der Waals surface area contributed by atoms with Crippen LogP contribution in [-0.4, -0.2) is 0 Å². The van der Waals surface area contributed by atoms with Gasteiger partial charge in [-0.2, -0.15) is 0 Å². The van der Waals surface area contributed by atoms with Crippen LogP contribution in [0.5, 0.6) is 0 Å². The van der Waals surface area contributed by atoms with E-state index in [1.54, 1.807) is 5.56 Å². The van der Waals surface area contributed by atoms with Gasteiger partial charge in [-0.15, -0.1) is 0 Å². The lowest BCUT2D eigenvalue weighted by atomic mass is 9.93. The third-order valence-electron chi connectivity index (χ3n) is 5.04. The summed E-state index contributed by atoms with van der Waals surface area (Å²) in [5, 5.41) is 0. The topological polar surface area (TPSA) is 0 Å². The van der Waals surface area contributed by atoms with Gasteiger partial charge in [-0.05, 0) is 62.0 Å². The Morgan fingerprint density at radius 2 is 1.90 bits per heavy atom. The van der Waals surface area contributed by atoms with Crippen LogP contribution in [0.15, 0.2) is 36.4 Å². The lowest BCUT2D eigenvalue weighted by Crippen LogP contribution is -1.97. The summed E-state index contributed by atoms with van der Waals surface area (Å²) >= 11 is 0. The number of hydrogen-bond acceptors (Lipinski definition) is 0. The SMILES string of the molecule is C/C=C/CCc1ccc(C2CCC(CCCCC)C2)cc1. The molecule has 0 aromatic heterocycles. The predicted molar refractivity (Wildman–Crippen MR) is 93.8 cm³/mol. The van der Waals surface area contributed by atoms with Crippen molar-refractivity contribution in [1.29, 1.82) is 0 Å². The van der Waals surface area contributed by atoms with Crippen LogP contribution in [0.3, 0.4) is 0 Å². The van der Waals surface area contributed by atoms with E-state index in [0.29, 0.717) is 0 Å². The van der Waals surface area contributed by atoms with Gasteiger partial charge in [0.1, 0.15) is 0 Å². The van der Waals surface area contributed by atoms with E-state index in [4.69, 9.17) is 0 Å². The van der Waals surface area contributed by atoms with Gasteiger partial charge in [0.05, 0.1) is 0 Å². The highest BCUT2D eigenvalue weighted by Crippen LogP contribution is 2.40. The molecule has 0 nitrogen and oxygen atoms in total. The maximum Gasteiger partial charge on any atom is -0.0159 e. The van der Waals surface area contributed by atoms with Gasteiger partial charge in [0.25, 0.3) is 0 Å². The van der Waals surface area contributed by atoms with E-state index in [1.807, 2.05) is 0 Å². The molecule has 0 bridgehead atoms. The Hall–Kier alpha value is -1.04. The van der Waals surface area contributed by atoms with Crippen LogP contribution in [0.25, 0.3) is 0 Å². The molecule has 0 saturated heterocycles. The zero-order valence-corrected chi connectivity index (χ0v) is 14.0. The van der Waals surface area contributed by atoms with E-state index in [9.17, 15) is 0 Å². The second-order valence-electron chi connectivity index (χ2n) is 6.72. The lowest BCUT2D eigenvalue weighted by molar-refractivity contribution is 0.466. The molecule has 0 amide bonds. The Bertz CT molecular complexity index is 412. The molecule has 0 N–H and O–H groups in total. The molecule has 1 aliphatic carbocycles. The molecule has 116 valence electrons. The van der Waals surface area contributed by atoms with Crippen molar-refractivity contribution in [3.8, 4) is 0 Å². The fourth-order valence-corrected chi connectivity index (χ4v) is 3.70. The van der Waals surface area contributed by atoms with Gasteiger partial charge in [-0.25, -0.2) is 0 Å². The second kappa shape index (κ2) is 9.07. The van der Waals surface area contributed by atoms with E-state index in [0.717, 1.165) is 11.8 Å². The summed E-state index contributed by atoms with van der Waals surface area (Å²) in [6, 6.07) is 9.49. The molecule has 0 heterocycles. The van der Waals surface area contributed by atoms with Crippen LogP contribution in [0.2, 0.25) is 0 Å².